The van der Waals surface area contributed by atoms with Crippen LogP contribution < -0.4 is 10.9 Å². The van der Waals surface area contributed by atoms with Crippen molar-refractivity contribution in [2.75, 3.05) is 0 Å². The van der Waals surface area contributed by atoms with E-state index in [1.165, 1.54) is 0 Å². The number of hydrogen-bond acceptors (Lipinski definition) is 5. The van der Waals surface area contributed by atoms with Crippen molar-refractivity contribution in [1.82, 2.24) is 15.3 Å². The zero-order chi connectivity index (χ0) is 19.7. The lowest BCUT2D eigenvalue weighted by molar-refractivity contribution is 0.186. The number of nitrogens with zero attached hydrogens (tertiary/aromatic N) is 2. The van der Waals surface area contributed by atoms with E-state index in [9.17, 15) is 18.4 Å². The minimum absolute atomic E-state index is 0.112. The lowest BCUT2D eigenvalue weighted by Gasteiger charge is -2.15. The number of amides is 1. The number of carbonyl (C=O) groups is 1. The predicted molar refractivity (Wildman–Crippen MR) is 91.5 cm³/mol. The van der Waals surface area contributed by atoms with Crippen LogP contribution in [-0.4, -0.2) is 21.2 Å². The van der Waals surface area contributed by atoms with Gasteiger partial charge in [-0.25, -0.2) is 23.4 Å². The molecule has 1 unspecified atom stereocenters. The lowest BCUT2D eigenvalue weighted by Crippen LogP contribution is -2.30. The molecule has 0 aliphatic carbocycles. The van der Waals surface area contributed by atoms with E-state index in [1.54, 1.807) is 19.9 Å². The number of carboxylic acid groups (broad SMARTS) is 1. The van der Waals surface area contributed by atoms with Gasteiger partial charge in [-0.3, -0.25) is 0 Å². The van der Waals surface area contributed by atoms with Crippen molar-refractivity contribution in [3.63, 3.8) is 0 Å². The molecule has 2 N–H and O–H groups in total. The van der Waals surface area contributed by atoms with Crippen LogP contribution in [0.4, 0.5) is 13.6 Å². The average Bonchev–Trinajstić information content (AvgIpc) is 2.51. The zero-order valence-corrected chi connectivity index (χ0v) is 14.4. The quantitative estimate of drug-likeness (QED) is 0.726. The van der Waals surface area contributed by atoms with Crippen molar-refractivity contribution in [2.24, 2.45) is 0 Å². The molecule has 0 fully saturated rings. The fourth-order valence-corrected chi connectivity index (χ4v) is 2.89. The smallest absolute Gasteiger partial charge is 0.405 e. The average molecular weight is 375 g/mol. The van der Waals surface area contributed by atoms with Crippen molar-refractivity contribution in [1.29, 1.82) is 0 Å². The maximum atomic E-state index is 13.4. The van der Waals surface area contributed by atoms with Gasteiger partial charge in [-0.05, 0) is 43.2 Å². The van der Waals surface area contributed by atoms with Crippen LogP contribution in [0.3, 0.4) is 0 Å². The van der Waals surface area contributed by atoms with Gasteiger partial charge in [0.2, 0.25) is 5.89 Å². The summed E-state index contributed by atoms with van der Waals surface area (Å²) in [7, 11) is 0. The molecule has 0 bridgehead atoms. The molecule has 0 saturated carbocycles. The van der Waals surface area contributed by atoms with Crippen LogP contribution in [0.2, 0.25) is 0 Å². The Kier molecular flexibility index (Phi) is 4.85. The number of aromatic nitrogens is 2. The van der Waals surface area contributed by atoms with Crippen LogP contribution in [0.5, 0.6) is 0 Å². The summed E-state index contributed by atoms with van der Waals surface area (Å²) in [6.07, 6.45) is -1.58. The molecule has 1 aromatic carbocycles. The molecule has 2 aromatic heterocycles. The van der Waals surface area contributed by atoms with Crippen LogP contribution in [0, 0.1) is 25.5 Å². The first-order valence-corrected chi connectivity index (χ1v) is 7.96. The molecule has 27 heavy (non-hydrogen) atoms. The summed E-state index contributed by atoms with van der Waals surface area (Å²) in [6.45, 7) is 3.43. The zero-order valence-electron chi connectivity index (χ0n) is 14.4. The minimum atomic E-state index is -1.41. The number of rotatable bonds is 4. The predicted octanol–water partition coefficient (Wildman–Crippen LogP) is 3.03. The Morgan fingerprint density at radius 1 is 1.19 bits per heavy atom. The molecule has 3 rings (SSSR count). The van der Waals surface area contributed by atoms with Crippen molar-refractivity contribution in [3.8, 4) is 0 Å². The molecule has 0 aliphatic heterocycles. The van der Waals surface area contributed by atoms with E-state index >= 15 is 0 Å². The maximum absolute atomic E-state index is 13.4. The summed E-state index contributed by atoms with van der Waals surface area (Å²) in [5.74, 6) is -1.85. The number of aryl methyl sites for hydroxylation is 2. The molecular formula is C18H15F2N3O4. The van der Waals surface area contributed by atoms with Gasteiger partial charge in [0.15, 0.2) is 5.65 Å². The first kappa shape index (κ1) is 18.4. The summed E-state index contributed by atoms with van der Waals surface area (Å²) in [4.78, 5) is 31.8. The molecule has 140 valence electrons. The van der Waals surface area contributed by atoms with E-state index in [-0.39, 0.29) is 28.9 Å². The molecule has 0 saturated heterocycles. The lowest BCUT2D eigenvalue weighted by atomic mass is 10.1. The highest BCUT2D eigenvalue weighted by Gasteiger charge is 2.22. The highest BCUT2D eigenvalue weighted by atomic mass is 19.1. The first-order valence-electron chi connectivity index (χ1n) is 7.96. The second-order valence-electron chi connectivity index (χ2n) is 6.10. The highest BCUT2D eigenvalue weighted by molar-refractivity contribution is 5.77. The van der Waals surface area contributed by atoms with Crippen molar-refractivity contribution >= 4 is 17.1 Å². The van der Waals surface area contributed by atoms with E-state index in [0.29, 0.717) is 17.3 Å². The van der Waals surface area contributed by atoms with Crippen molar-refractivity contribution in [2.45, 2.75) is 26.3 Å². The number of benzene rings is 1. The van der Waals surface area contributed by atoms with Gasteiger partial charge in [0.1, 0.15) is 23.1 Å². The van der Waals surface area contributed by atoms with Gasteiger partial charge in [-0.15, -0.1) is 0 Å². The summed E-state index contributed by atoms with van der Waals surface area (Å²) in [6, 6.07) is 3.38. The van der Waals surface area contributed by atoms with Crippen molar-refractivity contribution < 1.29 is 23.1 Å². The molecule has 9 heteroatoms. The number of pyridine rings is 1. The van der Waals surface area contributed by atoms with E-state index < -0.39 is 29.4 Å². The normalized spacial score (nSPS) is 12.1. The Morgan fingerprint density at radius 3 is 2.48 bits per heavy atom. The standard InChI is InChI=1S/C18H15F2N3O4/c1-8-3-9(2)21-15-14(8)17(24)27-16(23-15)13(22-18(25)26)6-10-4-11(19)7-12(20)5-10/h3-5,7,13,22H,6H2,1-2H3,(H,25,26). The topological polar surface area (TPSA) is 105 Å². The molecule has 0 aliphatic rings. The van der Waals surface area contributed by atoms with Gasteiger partial charge in [0, 0.05) is 18.2 Å². The SMILES string of the molecule is Cc1cc(C)c2c(=O)oc(C(Cc3cc(F)cc(F)c3)NC(=O)O)nc2n1. The molecular weight excluding hydrogens is 360 g/mol. The molecule has 3 aromatic rings. The number of fused-ring (bicyclic) bond motifs is 1. The second-order valence-corrected chi connectivity index (χ2v) is 6.10. The van der Waals surface area contributed by atoms with Crippen LogP contribution in [0.15, 0.2) is 33.5 Å². The molecule has 7 nitrogen and oxygen atoms in total. The summed E-state index contributed by atoms with van der Waals surface area (Å²) in [5.41, 5.74) is 0.812. The van der Waals surface area contributed by atoms with Crippen molar-refractivity contribution in [3.05, 3.63) is 69.0 Å². The Labute approximate surface area is 151 Å². The Balaban J connectivity index is 2.09. The largest absolute Gasteiger partial charge is 0.465 e. The highest BCUT2D eigenvalue weighted by Crippen LogP contribution is 2.20. The maximum Gasteiger partial charge on any atom is 0.405 e. The fraction of sp³-hybridized carbons (Fsp3) is 0.222. The van der Waals surface area contributed by atoms with Crippen LogP contribution in [-0.2, 0) is 6.42 Å². The summed E-state index contributed by atoms with van der Waals surface area (Å²) >= 11 is 0. The van der Waals surface area contributed by atoms with Gasteiger partial charge < -0.3 is 14.8 Å². The van der Waals surface area contributed by atoms with Crippen LogP contribution in [0.1, 0.15) is 28.8 Å². The van der Waals surface area contributed by atoms with Gasteiger partial charge in [-0.1, -0.05) is 0 Å². The number of nitrogens with one attached hydrogen (secondary N) is 1. The van der Waals surface area contributed by atoms with Gasteiger partial charge in [0.25, 0.3) is 0 Å². The third-order valence-corrected chi connectivity index (χ3v) is 3.90. The van der Waals surface area contributed by atoms with E-state index in [4.69, 9.17) is 9.52 Å². The monoisotopic (exact) mass is 375 g/mol. The fourth-order valence-electron chi connectivity index (χ4n) is 2.89. The Morgan fingerprint density at radius 2 is 1.85 bits per heavy atom. The van der Waals surface area contributed by atoms with Crippen LogP contribution >= 0.6 is 0 Å². The Hall–Kier alpha value is -3.36. The van der Waals surface area contributed by atoms with Gasteiger partial charge >= 0.3 is 11.7 Å². The van der Waals surface area contributed by atoms with E-state index in [0.717, 1.165) is 12.1 Å². The third kappa shape index (κ3) is 4.08. The third-order valence-electron chi connectivity index (χ3n) is 3.90. The first-order chi connectivity index (χ1) is 12.7. The Bertz CT molecular complexity index is 1080. The second kappa shape index (κ2) is 7.10. The summed E-state index contributed by atoms with van der Waals surface area (Å²) < 4.78 is 32.0. The molecule has 0 radical (unpaired) electrons. The number of hydrogen-bond donors (Lipinski definition) is 2. The molecule has 2 heterocycles. The molecule has 1 amide bonds. The summed E-state index contributed by atoms with van der Waals surface area (Å²) in [5, 5.41) is 11.4. The minimum Gasteiger partial charge on any atom is -0.465 e. The van der Waals surface area contributed by atoms with E-state index in [2.05, 4.69) is 15.3 Å². The number of halogens is 2. The van der Waals surface area contributed by atoms with Gasteiger partial charge in [0.05, 0.1) is 0 Å². The van der Waals surface area contributed by atoms with E-state index in [1.807, 2.05) is 0 Å². The van der Waals surface area contributed by atoms with Gasteiger partial charge in [-0.2, -0.15) is 4.98 Å². The molecule has 0 spiro atoms. The van der Waals surface area contributed by atoms with Crippen LogP contribution in [0.25, 0.3) is 11.0 Å². The molecule has 1 atom stereocenters.